The third-order valence-electron chi connectivity index (χ3n) is 4.97. The molecule has 1 saturated carbocycles. The first-order chi connectivity index (χ1) is 16.7. The molecule has 2 heterocycles. The van der Waals surface area contributed by atoms with E-state index in [-0.39, 0.29) is 32.8 Å². The first-order valence-corrected chi connectivity index (χ1v) is 13.3. The van der Waals surface area contributed by atoms with E-state index < -0.39 is 28.5 Å². The molecular formula is C23H25N3O7S2. The fourth-order valence-corrected chi connectivity index (χ4v) is 5.45. The minimum atomic E-state index is -3.40. The van der Waals surface area contributed by atoms with E-state index in [0.717, 1.165) is 11.3 Å². The number of carbonyl (C=O) groups is 1. The molecular weight excluding hydrogens is 494 g/mol. The van der Waals surface area contributed by atoms with Gasteiger partial charge in [0.25, 0.3) is 5.91 Å². The molecule has 1 aromatic carbocycles. The zero-order chi connectivity index (χ0) is 25.2. The fraction of sp³-hybridized carbons (Fsp3) is 0.348. The van der Waals surface area contributed by atoms with Gasteiger partial charge in [-0.25, -0.2) is 18.4 Å². The summed E-state index contributed by atoms with van der Waals surface area (Å²) in [7, 11) is -3.40. The van der Waals surface area contributed by atoms with Gasteiger partial charge in [-0.1, -0.05) is 0 Å². The van der Waals surface area contributed by atoms with E-state index in [9.17, 15) is 18.3 Å². The number of ether oxygens (including phenoxy) is 2. The van der Waals surface area contributed by atoms with Crippen LogP contribution >= 0.6 is 11.3 Å². The third-order valence-corrected chi connectivity index (χ3v) is 7.92. The molecule has 2 aromatic heterocycles. The number of thiazole rings is 1. The van der Waals surface area contributed by atoms with E-state index in [1.54, 1.807) is 17.5 Å². The number of sulfone groups is 1. The molecule has 1 fully saturated rings. The van der Waals surface area contributed by atoms with Crippen molar-refractivity contribution in [2.75, 3.05) is 11.9 Å². The molecule has 0 bridgehead atoms. The number of hydrogen-bond acceptors (Lipinski definition) is 10. The molecule has 12 heteroatoms. The average molecular weight is 520 g/mol. The average Bonchev–Trinajstić information content (AvgIpc) is 3.58. The van der Waals surface area contributed by atoms with Gasteiger partial charge in [-0.3, -0.25) is 10.1 Å². The molecule has 0 radical (unpaired) electrons. The Bertz CT molecular complexity index is 1300. The van der Waals surface area contributed by atoms with Crippen molar-refractivity contribution in [2.24, 2.45) is 0 Å². The normalized spacial score (nSPS) is 14.5. The number of aliphatic hydroxyl groups is 2. The van der Waals surface area contributed by atoms with E-state index in [4.69, 9.17) is 14.6 Å². The second-order valence-corrected chi connectivity index (χ2v) is 11.3. The van der Waals surface area contributed by atoms with Crippen LogP contribution in [-0.2, 0) is 9.84 Å². The van der Waals surface area contributed by atoms with Crippen LogP contribution in [0.25, 0.3) is 0 Å². The van der Waals surface area contributed by atoms with Crippen LogP contribution in [0.5, 0.6) is 17.2 Å². The maximum Gasteiger partial charge on any atom is 0.257 e. The van der Waals surface area contributed by atoms with Crippen molar-refractivity contribution >= 4 is 32.2 Å². The summed E-state index contributed by atoms with van der Waals surface area (Å²) in [6.07, 6.45) is 1.35. The van der Waals surface area contributed by atoms with Crippen LogP contribution in [0.1, 0.15) is 48.8 Å². The van der Waals surface area contributed by atoms with Crippen LogP contribution in [0.2, 0.25) is 0 Å². The van der Waals surface area contributed by atoms with Crippen LogP contribution in [-0.4, -0.2) is 52.5 Å². The van der Waals surface area contributed by atoms with Gasteiger partial charge in [-0.2, -0.15) is 0 Å². The lowest BCUT2D eigenvalue weighted by molar-refractivity contribution is 0.0927. The number of nitrogens with one attached hydrogen (secondary N) is 1. The highest BCUT2D eigenvalue weighted by atomic mass is 32.2. The van der Waals surface area contributed by atoms with Gasteiger partial charge in [0.1, 0.15) is 23.4 Å². The molecule has 35 heavy (non-hydrogen) atoms. The van der Waals surface area contributed by atoms with Gasteiger partial charge in [0.05, 0.1) is 29.9 Å². The fourth-order valence-electron chi connectivity index (χ4n) is 3.14. The van der Waals surface area contributed by atoms with Crippen LogP contribution in [0, 0.1) is 0 Å². The van der Waals surface area contributed by atoms with E-state index >= 15 is 0 Å². The molecule has 10 nitrogen and oxygen atoms in total. The Balaban J connectivity index is 1.54. The zero-order valence-electron chi connectivity index (χ0n) is 19.0. The lowest BCUT2D eigenvalue weighted by atomic mass is 10.2. The van der Waals surface area contributed by atoms with Crippen molar-refractivity contribution in [1.82, 2.24) is 9.97 Å². The Labute approximate surface area is 206 Å². The Morgan fingerprint density at radius 3 is 2.57 bits per heavy atom. The minimum absolute atomic E-state index is 0.0124. The van der Waals surface area contributed by atoms with E-state index in [1.165, 1.54) is 24.4 Å². The Kier molecular flexibility index (Phi) is 7.36. The number of nitrogens with zero attached hydrogens (tertiary/aromatic N) is 2. The Hall–Kier alpha value is -3.06. The summed E-state index contributed by atoms with van der Waals surface area (Å²) < 4.78 is 36.3. The number of rotatable bonds is 10. The molecule has 1 amide bonds. The molecule has 0 aliphatic heterocycles. The highest BCUT2D eigenvalue weighted by Crippen LogP contribution is 2.34. The predicted molar refractivity (Wildman–Crippen MR) is 129 cm³/mol. The summed E-state index contributed by atoms with van der Waals surface area (Å²) in [4.78, 5) is 21.0. The van der Waals surface area contributed by atoms with Crippen LogP contribution in [0.15, 0.2) is 46.9 Å². The third kappa shape index (κ3) is 6.14. The topological polar surface area (TPSA) is 148 Å². The summed E-state index contributed by atoms with van der Waals surface area (Å²) in [6.45, 7) is 3.22. The number of amides is 1. The van der Waals surface area contributed by atoms with E-state index in [1.807, 2.05) is 13.8 Å². The van der Waals surface area contributed by atoms with Crippen molar-refractivity contribution in [3.8, 4) is 17.2 Å². The molecule has 186 valence electrons. The van der Waals surface area contributed by atoms with Gasteiger partial charge in [0.2, 0.25) is 0 Å². The van der Waals surface area contributed by atoms with Crippen LogP contribution < -0.4 is 14.8 Å². The maximum absolute atomic E-state index is 12.9. The maximum atomic E-state index is 12.9. The largest absolute Gasteiger partial charge is 0.491 e. The first-order valence-electron chi connectivity index (χ1n) is 10.9. The highest BCUT2D eigenvalue weighted by Gasteiger charge is 2.37. The minimum Gasteiger partial charge on any atom is -0.491 e. The number of hydrogen-bond donors (Lipinski definition) is 3. The van der Waals surface area contributed by atoms with Crippen molar-refractivity contribution < 1.29 is 32.9 Å². The smallest absolute Gasteiger partial charge is 0.257 e. The van der Waals surface area contributed by atoms with Gasteiger partial charge in [-0.05, 0) is 51.0 Å². The number of aromatic nitrogens is 2. The number of pyridine rings is 1. The monoisotopic (exact) mass is 519 g/mol. The van der Waals surface area contributed by atoms with Gasteiger partial charge in [0.15, 0.2) is 20.0 Å². The van der Waals surface area contributed by atoms with Crippen molar-refractivity contribution in [1.29, 1.82) is 0 Å². The number of aliphatic hydroxyl groups excluding tert-OH is 2. The number of carbonyl (C=O) groups excluding carboxylic acids is 1. The summed E-state index contributed by atoms with van der Waals surface area (Å²) in [5.74, 6) is 0.519. The van der Waals surface area contributed by atoms with E-state index in [0.29, 0.717) is 30.1 Å². The van der Waals surface area contributed by atoms with E-state index in [2.05, 4.69) is 15.3 Å². The SMILES string of the molecule is CC(C)Oc1cc(Oc2ccc(S(=O)(=O)C3CC3)nc2)cc(C(=O)Nc2nc(C(O)CO)cs2)c1. The number of benzene rings is 1. The molecule has 1 aliphatic rings. The Morgan fingerprint density at radius 1 is 1.20 bits per heavy atom. The molecule has 1 unspecified atom stereocenters. The van der Waals surface area contributed by atoms with Gasteiger partial charge in [-0.15, -0.1) is 11.3 Å². The molecule has 0 saturated heterocycles. The summed E-state index contributed by atoms with van der Waals surface area (Å²) in [5, 5.41) is 22.9. The zero-order valence-corrected chi connectivity index (χ0v) is 20.7. The first kappa shape index (κ1) is 25.0. The second kappa shape index (κ2) is 10.3. The summed E-state index contributed by atoms with van der Waals surface area (Å²) in [5.41, 5.74) is 0.492. The van der Waals surface area contributed by atoms with Crippen LogP contribution in [0.3, 0.4) is 0 Å². The van der Waals surface area contributed by atoms with Crippen molar-refractivity contribution in [2.45, 2.75) is 49.2 Å². The quantitative estimate of drug-likeness (QED) is 0.367. The van der Waals surface area contributed by atoms with Crippen LogP contribution in [0.4, 0.5) is 5.13 Å². The summed E-state index contributed by atoms with van der Waals surface area (Å²) >= 11 is 1.11. The molecule has 0 spiro atoms. The van der Waals surface area contributed by atoms with Gasteiger partial charge < -0.3 is 19.7 Å². The molecule has 1 atom stereocenters. The van der Waals surface area contributed by atoms with Crippen molar-refractivity contribution in [3.63, 3.8) is 0 Å². The molecule has 4 rings (SSSR count). The highest BCUT2D eigenvalue weighted by molar-refractivity contribution is 7.92. The Morgan fingerprint density at radius 2 is 1.94 bits per heavy atom. The lowest BCUT2D eigenvalue weighted by Crippen LogP contribution is -2.13. The molecule has 3 aromatic rings. The predicted octanol–water partition coefficient (Wildman–Crippen LogP) is 3.33. The molecule has 3 N–H and O–H groups in total. The van der Waals surface area contributed by atoms with Gasteiger partial charge >= 0.3 is 0 Å². The summed E-state index contributed by atoms with van der Waals surface area (Å²) in [6, 6.07) is 7.61. The lowest BCUT2D eigenvalue weighted by Gasteiger charge is -2.14. The number of anilines is 1. The standard InChI is InChI=1S/C23H25N3O7S2/c1-13(2)32-16-7-14(22(29)26-23-25-19(12-34-23)20(28)11-27)8-17(9-16)33-15-3-6-21(24-10-15)35(30,31)18-4-5-18/h3,6-10,12-13,18,20,27-28H,4-5,11H2,1-2H3,(H,25,26,29). The second-order valence-electron chi connectivity index (χ2n) is 8.27. The van der Waals surface area contributed by atoms with Crippen molar-refractivity contribution in [3.05, 3.63) is 53.2 Å². The molecule has 1 aliphatic carbocycles. The van der Waals surface area contributed by atoms with Gasteiger partial charge in [0, 0.05) is 17.0 Å².